The molecule has 0 saturated carbocycles. The summed E-state index contributed by atoms with van der Waals surface area (Å²) in [7, 11) is 0. The Morgan fingerprint density at radius 3 is 2.29 bits per heavy atom. The molecule has 150 valence electrons. The first kappa shape index (κ1) is 20.4. The van der Waals surface area contributed by atoms with Crippen LogP contribution in [0.25, 0.3) is 11.1 Å². The Morgan fingerprint density at radius 1 is 1.07 bits per heavy atom. The van der Waals surface area contributed by atoms with E-state index in [1.165, 1.54) is 11.1 Å². The van der Waals surface area contributed by atoms with Crippen molar-refractivity contribution in [2.45, 2.75) is 60.8 Å². The minimum absolute atomic E-state index is 0.00613. The Bertz CT molecular complexity index is 905. The summed E-state index contributed by atoms with van der Waals surface area (Å²) in [6, 6.07) is 6.49. The van der Waals surface area contributed by atoms with Gasteiger partial charge in [0.1, 0.15) is 0 Å². The van der Waals surface area contributed by atoms with Crippen molar-refractivity contribution in [3.8, 4) is 11.1 Å². The van der Waals surface area contributed by atoms with Crippen molar-refractivity contribution >= 4 is 11.7 Å². The Kier molecular flexibility index (Phi) is 5.51. The first-order valence-electron chi connectivity index (χ1n) is 10.1. The van der Waals surface area contributed by atoms with Crippen LogP contribution < -0.4 is 4.90 Å². The monoisotopic (exact) mass is 380 g/mol. The lowest BCUT2D eigenvalue weighted by molar-refractivity contribution is -0.136. The number of hydrogen-bond acceptors (Lipinski definition) is 3. The van der Waals surface area contributed by atoms with E-state index in [9.17, 15) is 9.90 Å². The number of nitrogens with zero attached hydrogens (tertiary/aromatic N) is 2. The fourth-order valence-corrected chi connectivity index (χ4v) is 4.16. The molecule has 1 aliphatic rings. The number of piperidine rings is 1. The SMILES string of the molecule is Cc1ccc(-c2c(C)nc(C)c(CC(=O)O)c2N2CCC(C)(C)CC2)cc1C. The van der Waals surface area contributed by atoms with Crippen molar-refractivity contribution < 1.29 is 9.90 Å². The number of pyridine rings is 1. The van der Waals surface area contributed by atoms with E-state index < -0.39 is 5.97 Å². The molecule has 1 saturated heterocycles. The minimum Gasteiger partial charge on any atom is -0.481 e. The van der Waals surface area contributed by atoms with Crippen molar-refractivity contribution in [1.29, 1.82) is 0 Å². The van der Waals surface area contributed by atoms with Crippen LogP contribution in [0.15, 0.2) is 18.2 Å². The average Bonchev–Trinajstić information content (AvgIpc) is 2.59. The molecule has 0 amide bonds. The molecular weight excluding hydrogens is 348 g/mol. The van der Waals surface area contributed by atoms with E-state index in [0.717, 1.165) is 59.7 Å². The van der Waals surface area contributed by atoms with Gasteiger partial charge >= 0.3 is 5.97 Å². The van der Waals surface area contributed by atoms with Gasteiger partial charge in [0, 0.05) is 35.6 Å². The van der Waals surface area contributed by atoms with Crippen LogP contribution in [0.3, 0.4) is 0 Å². The quantitative estimate of drug-likeness (QED) is 0.788. The first-order chi connectivity index (χ1) is 13.1. The largest absolute Gasteiger partial charge is 0.481 e. The number of aryl methyl sites for hydroxylation is 4. The molecule has 4 heteroatoms. The van der Waals surface area contributed by atoms with Gasteiger partial charge in [-0.25, -0.2) is 0 Å². The summed E-state index contributed by atoms with van der Waals surface area (Å²) in [4.78, 5) is 18.8. The number of hydrogen-bond donors (Lipinski definition) is 1. The topological polar surface area (TPSA) is 53.4 Å². The number of aliphatic carboxylic acids is 1. The molecule has 2 aromatic rings. The van der Waals surface area contributed by atoms with Gasteiger partial charge in [-0.15, -0.1) is 0 Å². The lowest BCUT2D eigenvalue weighted by atomic mass is 9.82. The normalized spacial score (nSPS) is 16.3. The van der Waals surface area contributed by atoms with Crippen LogP contribution in [0.2, 0.25) is 0 Å². The van der Waals surface area contributed by atoms with Crippen molar-refractivity contribution in [2.24, 2.45) is 5.41 Å². The molecule has 0 aliphatic carbocycles. The maximum Gasteiger partial charge on any atom is 0.307 e. The number of carbonyl (C=O) groups is 1. The second-order valence-electron chi connectivity index (χ2n) is 9.01. The van der Waals surface area contributed by atoms with Crippen LogP contribution in [0.5, 0.6) is 0 Å². The average molecular weight is 381 g/mol. The predicted molar refractivity (Wildman–Crippen MR) is 115 cm³/mol. The molecule has 1 aromatic carbocycles. The lowest BCUT2D eigenvalue weighted by Gasteiger charge is -2.40. The van der Waals surface area contributed by atoms with Crippen LogP contribution in [0.4, 0.5) is 5.69 Å². The highest BCUT2D eigenvalue weighted by Gasteiger charge is 2.30. The van der Waals surface area contributed by atoms with Gasteiger partial charge < -0.3 is 10.0 Å². The maximum absolute atomic E-state index is 11.6. The second-order valence-corrected chi connectivity index (χ2v) is 9.01. The van der Waals surface area contributed by atoms with Crippen LogP contribution >= 0.6 is 0 Å². The summed E-state index contributed by atoms with van der Waals surface area (Å²) in [5.41, 5.74) is 8.77. The fourth-order valence-electron chi connectivity index (χ4n) is 4.16. The van der Waals surface area contributed by atoms with Gasteiger partial charge in [-0.05, 0) is 62.6 Å². The van der Waals surface area contributed by atoms with Crippen molar-refractivity contribution in [3.05, 3.63) is 46.3 Å². The third-order valence-electron chi connectivity index (χ3n) is 6.21. The maximum atomic E-state index is 11.6. The van der Waals surface area contributed by atoms with E-state index in [4.69, 9.17) is 4.98 Å². The summed E-state index contributed by atoms with van der Waals surface area (Å²) < 4.78 is 0. The van der Waals surface area contributed by atoms with Gasteiger partial charge in [0.25, 0.3) is 0 Å². The molecule has 2 heterocycles. The van der Waals surface area contributed by atoms with Gasteiger partial charge in [0.05, 0.1) is 12.1 Å². The highest BCUT2D eigenvalue weighted by molar-refractivity contribution is 5.86. The molecule has 1 aromatic heterocycles. The third kappa shape index (κ3) is 4.06. The Balaban J connectivity index is 2.22. The van der Waals surface area contributed by atoms with Crippen LogP contribution in [-0.4, -0.2) is 29.1 Å². The zero-order chi connectivity index (χ0) is 20.6. The van der Waals surface area contributed by atoms with Crippen molar-refractivity contribution in [2.75, 3.05) is 18.0 Å². The molecule has 0 radical (unpaired) electrons. The molecular formula is C24H32N2O2. The molecule has 0 bridgehead atoms. The zero-order valence-electron chi connectivity index (χ0n) is 18.0. The van der Waals surface area contributed by atoms with Gasteiger partial charge in [0.2, 0.25) is 0 Å². The van der Waals surface area contributed by atoms with E-state index in [1.807, 2.05) is 13.8 Å². The number of carboxylic acid groups (broad SMARTS) is 1. The summed E-state index contributed by atoms with van der Waals surface area (Å²) in [5, 5.41) is 9.56. The van der Waals surface area contributed by atoms with Gasteiger partial charge in [0.15, 0.2) is 0 Å². The second kappa shape index (κ2) is 7.57. The van der Waals surface area contributed by atoms with Crippen molar-refractivity contribution in [1.82, 2.24) is 4.98 Å². The molecule has 28 heavy (non-hydrogen) atoms. The molecule has 0 unspecified atom stereocenters. The first-order valence-corrected chi connectivity index (χ1v) is 10.1. The standard InChI is InChI=1S/C24H32N2O2/c1-15-7-8-19(13-16(15)2)22-18(4)25-17(3)20(14-21(27)28)23(22)26-11-9-24(5,6)10-12-26/h7-8,13H,9-12,14H2,1-6H3,(H,27,28). The van der Waals surface area contributed by atoms with E-state index in [2.05, 4.69) is 50.8 Å². The number of aromatic nitrogens is 1. The van der Waals surface area contributed by atoms with Gasteiger partial charge in [-0.1, -0.05) is 32.0 Å². The van der Waals surface area contributed by atoms with E-state index >= 15 is 0 Å². The van der Waals surface area contributed by atoms with Gasteiger partial charge in [-0.2, -0.15) is 0 Å². The summed E-state index contributed by atoms with van der Waals surface area (Å²) in [6.45, 7) is 14.7. The van der Waals surface area contributed by atoms with Crippen LogP contribution in [0, 0.1) is 33.1 Å². The molecule has 1 aliphatic heterocycles. The van der Waals surface area contributed by atoms with Gasteiger partial charge in [-0.3, -0.25) is 9.78 Å². The zero-order valence-corrected chi connectivity index (χ0v) is 18.0. The minimum atomic E-state index is -0.807. The lowest BCUT2D eigenvalue weighted by Crippen LogP contribution is -2.38. The molecule has 0 atom stereocenters. The highest BCUT2D eigenvalue weighted by Crippen LogP contribution is 2.41. The van der Waals surface area contributed by atoms with E-state index in [-0.39, 0.29) is 6.42 Å². The number of benzene rings is 1. The molecule has 1 fully saturated rings. The summed E-state index contributed by atoms with van der Waals surface area (Å²) in [6.07, 6.45) is 2.21. The van der Waals surface area contributed by atoms with Crippen molar-refractivity contribution in [3.63, 3.8) is 0 Å². The highest BCUT2D eigenvalue weighted by atomic mass is 16.4. The van der Waals surface area contributed by atoms with E-state index in [1.54, 1.807) is 0 Å². The Labute approximate surface area is 168 Å². The number of rotatable bonds is 4. The number of anilines is 1. The predicted octanol–water partition coefficient (Wildman–Crippen LogP) is 5.24. The molecule has 3 rings (SSSR count). The Hall–Kier alpha value is -2.36. The smallest absolute Gasteiger partial charge is 0.307 e. The summed E-state index contributed by atoms with van der Waals surface area (Å²) >= 11 is 0. The van der Waals surface area contributed by atoms with Crippen LogP contribution in [-0.2, 0) is 11.2 Å². The fraction of sp³-hybridized carbons (Fsp3) is 0.500. The Morgan fingerprint density at radius 2 is 1.71 bits per heavy atom. The van der Waals surface area contributed by atoms with Crippen LogP contribution in [0.1, 0.15) is 54.8 Å². The number of carboxylic acids is 1. The molecule has 4 nitrogen and oxygen atoms in total. The van der Waals surface area contributed by atoms with E-state index in [0.29, 0.717) is 5.41 Å². The third-order valence-corrected chi connectivity index (χ3v) is 6.21. The summed E-state index contributed by atoms with van der Waals surface area (Å²) in [5.74, 6) is -0.807. The molecule has 0 spiro atoms. The molecule has 1 N–H and O–H groups in total.